The summed E-state index contributed by atoms with van der Waals surface area (Å²) in [6, 6.07) is 12.0. The predicted octanol–water partition coefficient (Wildman–Crippen LogP) is 1.21. The highest BCUT2D eigenvalue weighted by molar-refractivity contribution is 5.97. The number of rotatable bonds is 3. The van der Waals surface area contributed by atoms with Crippen LogP contribution in [0.15, 0.2) is 47.3 Å². The van der Waals surface area contributed by atoms with Gasteiger partial charge >= 0.3 is 0 Å². The summed E-state index contributed by atoms with van der Waals surface area (Å²) < 4.78 is 1.23. The molecule has 0 fully saturated rings. The average Bonchev–Trinajstić information content (AvgIpc) is 2.35. The predicted molar refractivity (Wildman–Crippen MR) is 64.0 cm³/mol. The molecule has 2 rings (SSSR count). The lowest BCUT2D eigenvalue weighted by molar-refractivity contribution is 0.0991. The molecule has 0 aliphatic rings. The number of ketones is 1. The Bertz CT molecular complexity index is 588. The van der Waals surface area contributed by atoms with Crippen LogP contribution in [0.3, 0.4) is 0 Å². The fourth-order valence-corrected chi connectivity index (χ4v) is 1.54. The summed E-state index contributed by atoms with van der Waals surface area (Å²) in [5, 5.41) is 4.02. The Morgan fingerprint density at radius 1 is 1.18 bits per heavy atom. The first kappa shape index (κ1) is 11.3. The lowest BCUT2D eigenvalue weighted by Crippen LogP contribution is -2.20. The highest BCUT2D eigenvalue weighted by Gasteiger charge is 2.07. The van der Waals surface area contributed by atoms with E-state index in [1.165, 1.54) is 10.7 Å². The molecule has 1 aromatic carbocycles. The Hall–Kier alpha value is -2.23. The summed E-state index contributed by atoms with van der Waals surface area (Å²) >= 11 is 0. The van der Waals surface area contributed by atoms with Crippen LogP contribution in [0.25, 0.3) is 0 Å². The lowest BCUT2D eigenvalue weighted by atomic mass is 10.1. The molecule has 0 radical (unpaired) electrons. The van der Waals surface area contributed by atoms with Crippen LogP contribution in [-0.2, 0) is 13.5 Å². The topological polar surface area (TPSA) is 52.0 Å². The van der Waals surface area contributed by atoms with Crippen molar-refractivity contribution in [3.8, 4) is 0 Å². The van der Waals surface area contributed by atoms with E-state index in [9.17, 15) is 9.59 Å². The van der Waals surface area contributed by atoms with Crippen molar-refractivity contribution in [2.24, 2.45) is 7.05 Å². The van der Waals surface area contributed by atoms with Crippen molar-refractivity contribution in [1.29, 1.82) is 0 Å². The van der Waals surface area contributed by atoms with Crippen LogP contribution < -0.4 is 5.56 Å². The number of nitrogens with zero attached hydrogens (tertiary/aromatic N) is 2. The minimum absolute atomic E-state index is 0.00301. The second-order valence-corrected chi connectivity index (χ2v) is 3.75. The zero-order valence-corrected chi connectivity index (χ0v) is 9.46. The number of carbonyl (C=O) groups excluding carboxylic acids is 1. The fourth-order valence-electron chi connectivity index (χ4n) is 1.54. The molecule has 4 nitrogen and oxygen atoms in total. The summed E-state index contributed by atoms with van der Waals surface area (Å²) in [5.74, 6) is -0.00301. The highest BCUT2D eigenvalue weighted by Crippen LogP contribution is 2.04. The Balaban J connectivity index is 2.19. The second-order valence-electron chi connectivity index (χ2n) is 3.75. The van der Waals surface area contributed by atoms with Gasteiger partial charge in [0.1, 0.15) is 0 Å². The number of hydrogen-bond acceptors (Lipinski definition) is 3. The van der Waals surface area contributed by atoms with Gasteiger partial charge in [-0.05, 0) is 6.07 Å². The van der Waals surface area contributed by atoms with Crippen molar-refractivity contribution in [3.63, 3.8) is 0 Å². The first-order valence-electron chi connectivity index (χ1n) is 5.28. The minimum atomic E-state index is -0.180. The average molecular weight is 228 g/mol. The highest BCUT2D eigenvalue weighted by atomic mass is 16.1. The van der Waals surface area contributed by atoms with E-state index in [1.54, 1.807) is 25.2 Å². The van der Waals surface area contributed by atoms with Crippen molar-refractivity contribution in [3.05, 3.63) is 64.1 Å². The molecule has 0 aliphatic carbocycles. The van der Waals surface area contributed by atoms with E-state index in [1.807, 2.05) is 18.2 Å². The van der Waals surface area contributed by atoms with Gasteiger partial charge in [0, 0.05) is 18.7 Å². The van der Waals surface area contributed by atoms with E-state index in [2.05, 4.69) is 5.10 Å². The van der Waals surface area contributed by atoms with Crippen molar-refractivity contribution >= 4 is 5.78 Å². The maximum atomic E-state index is 11.9. The Morgan fingerprint density at radius 3 is 2.53 bits per heavy atom. The van der Waals surface area contributed by atoms with E-state index in [0.717, 1.165) is 0 Å². The maximum absolute atomic E-state index is 11.9. The molecule has 1 heterocycles. The van der Waals surface area contributed by atoms with Crippen LogP contribution in [-0.4, -0.2) is 15.6 Å². The Labute approximate surface area is 98.5 Å². The maximum Gasteiger partial charge on any atom is 0.266 e. The smallest absolute Gasteiger partial charge is 0.266 e. The number of aromatic nitrogens is 2. The van der Waals surface area contributed by atoms with Crippen LogP contribution >= 0.6 is 0 Å². The van der Waals surface area contributed by atoms with Crippen molar-refractivity contribution in [2.45, 2.75) is 6.42 Å². The number of aryl methyl sites for hydroxylation is 1. The quantitative estimate of drug-likeness (QED) is 0.742. The molecule has 0 aliphatic heterocycles. The van der Waals surface area contributed by atoms with E-state index in [0.29, 0.717) is 11.3 Å². The van der Waals surface area contributed by atoms with Crippen molar-refractivity contribution < 1.29 is 4.79 Å². The molecule has 0 saturated carbocycles. The first-order valence-corrected chi connectivity index (χ1v) is 5.28. The summed E-state index contributed by atoms with van der Waals surface area (Å²) in [4.78, 5) is 23.0. The van der Waals surface area contributed by atoms with Crippen molar-refractivity contribution in [2.75, 3.05) is 0 Å². The van der Waals surface area contributed by atoms with Gasteiger partial charge in [-0.15, -0.1) is 0 Å². The largest absolute Gasteiger partial charge is 0.294 e. The number of Topliss-reactive ketones (excluding diaryl/α,β-unsaturated/α-hetero) is 1. The molecule has 86 valence electrons. The van der Waals surface area contributed by atoms with Gasteiger partial charge in [0.15, 0.2) is 5.78 Å². The molecule has 2 aromatic rings. The fraction of sp³-hybridized carbons (Fsp3) is 0.154. The van der Waals surface area contributed by atoms with Gasteiger partial charge in [-0.3, -0.25) is 9.59 Å². The van der Waals surface area contributed by atoms with Crippen LogP contribution in [0, 0.1) is 0 Å². The molecule has 4 heteroatoms. The third-order valence-electron chi connectivity index (χ3n) is 2.45. The molecule has 0 bridgehead atoms. The third kappa shape index (κ3) is 2.66. The number of hydrogen-bond donors (Lipinski definition) is 0. The Morgan fingerprint density at radius 2 is 1.88 bits per heavy atom. The molecular formula is C13H12N2O2. The minimum Gasteiger partial charge on any atom is -0.294 e. The third-order valence-corrected chi connectivity index (χ3v) is 2.45. The van der Waals surface area contributed by atoms with Crippen molar-refractivity contribution in [1.82, 2.24) is 9.78 Å². The molecular weight excluding hydrogens is 216 g/mol. The van der Waals surface area contributed by atoms with E-state index < -0.39 is 0 Å². The van der Waals surface area contributed by atoms with E-state index in [4.69, 9.17) is 0 Å². The van der Waals surface area contributed by atoms with Gasteiger partial charge in [0.05, 0.1) is 12.1 Å². The zero-order chi connectivity index (χ0) is 12.3. The summed E-state index contributed by atoms with van der Waals surface area (Å²) in [7, 11) is 1.57. The summed E-state index contributed by atoms with van der Waals surface area (Å²) in [5.41, 5.74) is 1.07. The molecule has 0 spiro atoms. The van der Waals surface area contributed by atoms with Gasteiger partial charge < -0.3 is 0 Å². The van der Waals surface area contributed by atoms with E-state index >= 15 is 0 Å². The molecule has 0 N–H and O–H groups in total. The molecule has 17 heavy (non-hydrogen) atoms. The standard InChI is InChI=1S/C13H12N2O2/c1-15-13(17)8-7-11(14-15)9-12(16)10-5-3-2-4-6-10/h2-8H,9H2,1H3. The van der Waals surface area contributed by atoms with Crippen LogP contribution in [0.1, 0.15) is 16.1 Å². The number of benzene rings is 1. The van der Waals surface area contributed by atoms with Gasteiger partial charge in [-0.25, -0.2) is 4.68 Å². The molecule has 0 unspecified atom stereocenters. The SMILES string of the molecule is Cn1nc(CC(=O)c2ccccc2)ccc1=O. The van der Waals surface area contributed by atoms with Crippen LogP contribution in [0.2, 0.25) is 0 Å². The van der Waals surface area contributed by atoms with Crippen LogP contribution in [0.4, 0.5) is 0 Å². The second kappa shape index (κ2) is 4.74. The molecule has 0 amide bonds. The Kier molecular flexibility index (Phi) is 3.14. The van der Waals surface area contributed by atoms with Crippen LogP contribution in [0.5, 0.6) is 0 Å². The monoisotopic (exact) mass is 228 g/mol. The normalized spacial score (nSPS) is 10.2. The van der Waals surface area contributed by atoms with E-state index in [-0.39, 0.29) is 17.8 Å². The first-order chi connectivity index (χ1) is 8.16. The molecule has 0 saturated heterocycles. The zero-order valence-electron chi connectivity index (χ0n) is 9.46. The van der Waals surface area contributed by atoms with Gasteiger partial charge in [-0.1, -0.05) is 30.3 Å². The lowest BCUT2D eigenvalue weighted by Gasteiger charge is -2.02. The summed E-state index contributed by atoms with van der Waals surface area (Å²) in [6.07, 6.45) is 0.206. The number of carbonyl (C=O) groups is 1. The van der Waals surface area contributed by atoms with Gasteiger partial charge in [0.25, 0.3) is 5.56 Å². The van der Waals surface area contributed by atoms with Gasteiger partial charge in [-0.2, -0.15) is 5.10 Å². The molecule has 0 atom stereocenters. The van der Waals surface area contributed by atoms with Gasteiger partial charge in [0.2, 0.25) is 0 Å². The summed E-state index contributed by atoms with van der Waals surface area (Å²) in [6.45, 7) is 0. The molecule has 1 aromatic heterocycles.